The molecule has 0 saturated carbocycles. The van der Waals surface area contributed by atoms with Gasteiger partial charge in [-0.2, -0.15) is 0 Å². The molecule has 0 fully saturated rings. The summed E-state index contributed by atoms with van der Waals surface area (Å²) >= 11 is 0. The van der Waals surface area contributed by atoms with Gasteiger partial charge in [-0.25, -0.2) is 0 Å². The van der Waals surface area contributed by atoms with E-state index >= 15 is 0 Å². The fourth-order valence-corrected chi connectivity index (χ4v) is 2.03. The molecule has 3 heteroatoms. The predicted molar refractivity (Wildman–Crippen MR) is 73.7 cm³/mol. The van der Waals surface area contributed by atoms with Crippen LogP contribution in [0.2, 0.25) is 0 Å². The summed E-state index contributed by atoms with van der Waals surface area (Å²) in [6.45, 7) is 9.85. The van der Waals surface area contributed by atoms with Gasteiger partial charge in [0.25, 0.3) is 0 Å². The van der Waals surface area contributed by atoms with Crippen molar-refractivity contribution < 1.29 is 0 Å². The maximum absolute atomic E-state index is 5.77. The van der Waals surface area contributed by atoms with Gasteiger partial charge in [-0.05, 0) is 24.6 Å². The summed E-state index contributed by atoms with van der Waals surface area (Å²) in [7, 11) is 0. The molecule has 0 aliphatic heterocycles. The highest BCUT2D eigenvalue weighted by atomic mass is 15.1. The lowest BCUT2D eigenvalue weighted by molar-refractivity contribution is 0.224. The summed E-state index contributed by atoms with van der Waals surface area (Å²) in [5, 5.41) is 0. The minimum atomic E-state index is 0.788. The Kier molecular flexibility index (Phi) is 5.98. The van der Waals surface area contributed by atoms with Crippen LogP contribution in [0.4, 0.5) is 5.69 Å². The highest BCUT2D eigenvalue weighted by Crippen LogP contribution is 2.12. The molecule has 1 aromatic rings. The van der Waals surface area contributed by atoms with E-state index in [1.807, 2.05) is 12.1 Å². The van der Waals surface area contributed by atoms with Crippen LogP contribution in [0.15, 0.2) is 18.3 Å². The fourth-order valence-electron chi connectivity index (χ4n) is 2.03. The Labute approximate surface area is 105 Å². The minimum Gasteiger partial charge on any atom is -0.399 e. The van der Waals surface area contributed by atoms with Crippen LogP contribution in [0.1, 0.15) is 39.3 Å². The highest BCUT2D eigenvalue weighted by molar-refractivity contribution is 5.37. The van der Waals surface area contributed by atoms with E-state index in [-0.39, 0.29) is 0 Å². The van der Waals surface area contributed by atoms with Gasteiger partial charge in [-0.15, -0.1) is 0 Å². The zero-order valence-electron chi connectivity index (χ0n) is 11.3. The molecule has 1 heterocycles. The number of pyridine rings is 1. The molecule has 0 atom stereocenters. The lowest BCUT2D eigenvalue weighted by Crippen LogP contribution is -2.29. The number of anilines is 1. The van der Waals surface area contributed by atoms with Crippen LogP contribution in [-0.4, -0.2) is 23.0 Å². The average Bonchev–Trinajstić information content (AvgIpc) is 2.34. The molecule has 1 rings (SSSR count). The van der Waals surface area contributed by atoms with Gasteiger partial charge in [0.15, 0.2) is 0 Å². The molecule has 0 saturated heterocycles. The average molecular weight is 235 g/mol. The van der Waals surface area contributed by atoms with Crippen molar-refractivity contribution in [2.75, 3.05) is 18.8 Å². The number of hydrogen-bond acceptors (Lipinski definition) is 3. The van der Waals surface area contributed by atoms with Crippen molar-refractivity contribution in [3.8, 4) is 0 Å². The number of nitrogen functional groups attached to an aromatic ring is 1. The molecular formula is C14H25N3. The molecule has 0 spiro atoms. The molecule has 96 valence electrons. The Morgan fingerprint density at radius 3 is 2.53 bits per heavy atom. The van der Waals surface area contributed by atoms with Gasteiger partial charge < -0.3 is 5.73 Å². The third kappa shape index (κ3) is 4.73. The summed E-state index contributed by atoms with van der Waals surface area (Å²) < 4.78 is 0. The first-order valence-corrected chi connectivity index (χ1v) is 6.62. The molecule has 2 N–H and O–H groups in total. The van der Waals surface area contributed by atoms with Gasteiger partial charge >= 0.3 is 0 Å². The van der Waals surface area contributed by atoms with E-state index in [1.54, 1.807) is 6.20 Å². The van der Waals surface area contributed by atoms with E-state index in [4.69, 9.17) is 5.73 Å². The zero-order chi connectivity index (χ0) is 12.7. The van der Waals surface area contributed by atoms with Crippen molar-refractivity contribution in [1.29, 1.82) is 0 Å². The van der Waals surface area contributed by atoms with Crippen molar-refractivity contribution in [1.82, 2.24) is 9.88 Å². The van der Waals surface area contributed by atoms with Crippen LogP contribution in [0.25, 0.3) is 0 Å². The molecule has 0 radical (unpaired) electrons. The van der Waals surface area contributed by atoms with Crippen molar-refractivity contribution in [2.45, 2.75) is 40.2 Å². The number of nitrogens with two attached hydrogens (primary N) is 1. The molecule has 17 heavy (non-hydrogen) atoms. The monoisotopic (exact) mass is 235 g/mol. The van der Waals surface area contributed by atoms with Crippen LogP contribution < -0.4 is 5.73 Å². The van der Waals surface area contributed by atoms with Crippen LogP contribution in [0.3, 0.4) is 0 Å². The molecule has 0 amide bonds. The molecule has 0 unspecified atom stereocenters. The van der Waals surface area contributed by atoms with Crippen LogP contribution in [0, 0.1) is 5.92 Å². The van der Waals surface area contributed by atoms with Crippen LogP contribution >= 0.6 is 0 Å². The van der Waals surface area contributed by atoms with E-state index in [9.17, 15) is 0 Å². The van der Waals surface area contributed by atoms with Gasteiger partial charge in [0.05, 0.1) is 5.69 Å². The standard InChI is InChI=1S/C14H25N3/c1-4-12(5-2)10-17(6-3)11-14-9-13(15)7-8-16-14/h7-9,12H,4-6,10-11H2,1-3H3,(H2,15,16). The first kappa shape index (κ1) is 14.0. The Hall–Kier alpha value is -1.09. The fraction of sp³-hybridized carbons (Fsp3) is 0.643. The molecule has 3 nitrogen and oxygen atoms in total. The lowest BCUT2D eigenvalue weighted by atomic mass is 10.0. The largest absolute Gasteiger partial charge is 0.399 e. The summed E-state index contributed by atoms with van der Waals surface area (Å²) in [5.41, 5.74) is 7.64. The SMILES string of the molecule is CCC(CC)CN(CC)Cc1cc(N)ccn1. The third-order valence-electron chi connectivity index (χ3n) is 3.34. The first-order chi connectivity index (χ1) is 8.19. The minimum absolute atomic E-state index is 0.788. The Morgan fingerprint density at radius 2 is 2.00 bits per heavy atom. The second-order valence-electron chi connectivity index (χ2n) is 4.59. The predicted octanol–water partition coefficient (Wildman–Crippen LogP) is 2.92. The van der Waals surface area contributed by atoms with Gasteiger partial charge in [0.1, 0.15) is 0 Å². The Balaban J connectivity index is 2.57. The van der Waals surface area contributed by atoms with Gasteiger partial charge in [-0.3, -0.25) is 9.88 Å². The van der Waals surface area contributed by atoms with E-state index < -0.39 is 0 Å². The third-order valence-corrected chi connectivity index (χ3v) is 3.34. The Morgan fingerprint density at radius 1 is 1.29 bits per heavy atom. The highest BCUT2D eigenvalue weighted by Gasteiger charge is 2.10. The van der Waals surface area contributed by atoms with E-state index in [1.165, 1.54) is 12.8 Å². The van der Waals surface area contributed by atoms with Crippen molar-refractivity contribution in [2.24, 2.45) is 5.92 Å². The molecule has 0 aliphatic carbocycles. The van der Waals surface area contributed by atoms with Crippen molar-refractivity contribution >= 4 is 5.69 Å². The molecular weight excluding hydrogens is 210 g/mol. The summed E-state index contributed by atoms with van der Waals surface area (Å²) in [6.07, 6.45) is 4.28. The van der Waals surface area contributed by atoms with Gasteiger partial charge in [-0.1, -0.05) is 33.6 Å². The molecule has 0 bridgehead atoms. The van der Waals surface area contributed by atoms with Gasteiger partial charge in [0.2, 0.25) is 0 Å². The van der Waals surface area contributed by atoms with Crippen molar-refractivity contribution in [3.05, 3.63) is 24.0 Å². The maximum atomic E-state index is 5.77. The van der Waals surface area contributed by atoms with Crippen molar-refractivity contribution in [3.63, 3.8) is 0 Å². The number of hydrogen-bond donors (Lipinski definition) is 1. The van der Waals surface area contributed by atoms with E-state index in [0.717, 1.165) is 36.9 Å². The van der Waals surface area contributed by atoms with Crippen LogP contribution in [-0.2, 0) is 6.54 Å². The molecule has 1 aromatic heterocycles. The lowest BCUT2D eigenvalue weighted by Gasteiger charge is -2.24. The maximum Gasteiger partial charge on any atom is 0.0564 e. The number of aromatic nitrogens is 1. The van der Waals surface area contributed by atoms with Crippen LogP contribution in [0.5, 0.6) is 0 Å². The molecule has 0 aliphatic rings. The molecule has 0 aromatic carbocycles. The second kappa shape index (κ2) is 7.28. The van der Waals surface area contributed by atoms with E-state index in [0.29, 0.717) is 0 Å². The zero-order valence-corrected chi connectivity index (χ0v) is 11.3. The Bertz CT molecular complexity index is 321. The van der Waals surface area contributed by atoms with Gasteiger partial charge in [0, 0.05) is 25.0 Å². The summed E-state index contributed by atoms with van der Waals surface area (Å²) in [5.74, 6) is 0.788. The normalized spacial score (nSPS) is 11.4. The summed E-state index contributed by atoms with van der Waals surface area (Å²) in [6, 6.07) is 3.80. The second-order valence-corrected chi connectivity index (χ2v) is 4.59. The van der Waals surface area contributed by atoms with E-state index in [2.05, 4.69) is 30.7 Å². The summed E-state index contributed by atoms with van der Waals surface area (Å²) in [4.78, 5) is 6.81. The number of rotatable bonds is 7. The topological polar surface area (TPSA) is 42.1 Å². The quantitative estimate of drug-likeness (QED) is 0.790. The number of nitrogens with zero attached hydrogens (tertiary/aromatic N) is 2. The smallest absolute Gasteiger partial charge is 0.0564 e. The first-order valence-electron chi connectivity index (χ1n) is 6.62.